The van der Waals surface area contributed by atoms with Crippen molar-refractivity contribution >= 4 is 28.6 Å². The first-order valence-corrected chi connectivity index (χ1v) is 9.24. The van der Waals surface area contributed by atoms with Gasteiger partial charge in [0.25, 0.3) is 5.91 Å². The zero-order valence-corrected chi connectivity index (χ0v) is 16.1. The van der Waals surface area contributed by atoms with Crippen LogP contribution in [0.15, 0.2) is 23.3 Å². The van der Waals surface area contributed by atoms with Gasteiger partial charge in [0.2, 0.25) is 0 Å². The number of nitrogens with one attached hydrogen (secondary N) is 1. The third-order valence-corrected chi connectivity index (χ3v) is 4.58. The number of carbonyl (C=O) groups excluding carboxylic acids is 1. The summed E-state index contributed by atoms with van der Waals surface area (Å²) in [5, 5.41) is 4.33. The molecule has 140 valence electrons. The predicted octanol–water partition coefficient (Wildman–Crippen LogP) is 3.38. The van der Waals surface area contributed by atoms with Gasteiger partial charge in [-0.05, 0) is 37.1 Å². The van der Waals surface area contributed by atoms with Gasteiger partial charge in [-0.25, -0.2) is 10.4 Å². The Bertz CT molecular complexity index is 774. The molecule has 0 aliphatic heterocycles. The van der Waals surface area contributed by atoms with Crippen LogP contribution in [0.3, 0.4) is 0 Å². The highest BCUT2D eigenvalue weighted by atomic mass is 32.1. The summed E-state index contributed by atoms with van der Waals surface area (Å²) in [6.07, 6.45) is 4.84. The second-order valence-electron chi connectivity index (χ2n) is 5.63. The van der Waals surface area contributed by atoms with Crippen LogP contribution in [0.5, 0.6) is 11.5 Å². The average molecular weight is 376 g/mol. The molecule has 0 fully saturated rings. The second kappa shape index (κ2) is 9.76. The van der Waals surface area contributed by atoms with Crippen molar-refractivity contribution in [3.8, 4) is 11.5 Å². The summed E-state index contributed by atoms with van der Waals surface area (Å²) in [5.41, 5.74) is 9.44. The van der Waals surface area contributed by atoms with E-state index in [2.05, 4.69) is 22.4 Å². The quantitative estimate of drug-likeness (QED) is 0.397. The Kier molecular flexibility index (Phi) is 7.40. The Morgan fingerprint density at radius 3 is 2.85 bits per heavy atom. The number of methoxy groups -OCH3 is 1. The van der Waals surface area contributed by atoms with Gasteiger partial charge in [-0.15, -0.1) is 0 Å². The van der Waals surface area contributed by atoms with Crippen molar-refractivity contribution in [2.24, 2.45) is 5.10 Å². The number of amides is 1. The SMILES string of the molecule is CCCCCOc1ccc(C=NNC(=O)c2sc(N)nc2C)cc1OC. The van der Waals surface area contributed by atoms with E-state index in [-0.39, 0.29) is 5.91 Å². The Morgan fingerprint density at radius 1 is 1.38 bits per heavy atom. The molecule has 7 nitrogen and oxygen atoms in total. The molecule has 0 radical (unpaired) electrons. The minimum atomic E-state index is -0.337. The summed E-state index contributed by atoms with van der Waals surface area (Å²) >= 11 is 1.13. The predicted molar refractivity (Wildman–Crippen MR) is 104 cm³/mol. The monoisotopic (exact) mass is 376 g/mol. The van der Waals surface area contributed by atoms with E-state index in [1.165, 1.54) is 0 Å². The molecule has 1 heterocycles. The van der Waals surface area contributed by atoms with E-state index >= 15 is 0 Å². The number of hydrogen-bond acceptors (Lipinski definition) is 7. The van der Waals surface area contributed by atoms with E-state index in [9.17, 15) is 4.79 Å². The first-order chi connectivity index (χ1) is 12.5. The van der Waals surface area contributed by atoms with Crippen molar-refractivity contribution in [2.75, 3.05) is 19.5 Å². The van der Waals surface area contributed by atoms with Gasteiger partial charge in [0.15, 0.2) is 16.6 Å². The number of ether oxygens (including phenoxy) is 2. The number of benzene rings is 1. The summed E-state index contributed by atoms with van der Waals surface area (Å²) < 4.78 is 11.1. The van der Waals surface area contributed by atoms with Crippen LogP contribution in [0.4, 0.5) is 5.13 Å². The minimum Gasteiger partial charge on any atom is -0.493 e. The highest BCUT2D eigenvalue weighted by Gasteiger charge is 2.13. The Morgan fingerprint density at radius 2 is 2.19 bits per heavy atom. The summed E-state index contributed by atoms with van der Waals surface area (Å²) in [5.74, 6) is 0.985. The zero-order chi connectivity index (χ0) is 18.9. The fourth-order valence-electron chi connectivity index (χ4n) is 2.26. The molecule has 0 unspecified atom stereocenters. The number of carbonyl (C=O) groups is 1. The normalized spacial score (nSPS) is 10.9. The van der Waals surface area contributed by atoms with Crippen molar-refractivity contribution in [2.45, 2.75) is 33.1 Å². The molecule has 1 aromatic heterocycles. The van der Waals surface area contributed by atoms with Crippen LogP contribution >= 0.6 is 11.3 Å². The van der Waals surface area contributed by atoms with Crippen molar-refractivity contribution in [3.63, 3.8) is 0 Å². The van der Waals surface area contributed by atoms with Crippen molar-refractivity contribution in [1.82, 2.24) is 10.4 Å². The van der Waals surface area contributed by atoms with E-state index in [1.807, 2.05) is 12.1 Å². The van der Waals surface area contributed by atoms with Crippen LogP contribution < -0.4 is 20.6 Å². The molecular weight excluding hydrogens is 352 g/mol. The van der Waals surface area contributed by atoms with E-state index in [1.54, 1.807) is 26.3 Å². The lowest BCUT2D eigenvalue weighted by atomic mass is 10.2. The number of unbranched alkanes of at least 4 members (excludes halogenated alkanes) is 2. The lowest BCUT2D eigenvalue weighted by Gasteiger charge is -2.11. The van der Waals surface area contributed by atoms with Crippen LogP contribution in [0.1, 0.15) is 47.1 Å². The molecule has 0 aliphatic rings. The molecular formula is C18H24N4O3S. The number of nitrogens with zero attached hydrogens (tertiary/aromatic N) is 2. The number of aromatic nitrogens is 1. The number of aryl methyl sites for hydroxylation is 1. The molecule has 1 aromatic carbocycles. The van der Waals surface area contributed by atoms with Gasteiger partial charge in [-0.3, -0.25) is 4.79 Å². The molecule has 26 heavy (non-hydrogen) atoms. The number of hydrogen-bond donors (Lipinski definition) is 2. The van der Waals surface area contributed by atoms with Crippen LogP contribution in [0.25, 0.3) is 0 Å². The lowest BCUT2D eigenvalue weighted by molar-refractivity contribution is 0.0958. The van der Waals surface area contributed by atoms with E-state index in [0.717, 1.165) is 36.2 Å². The minimum absolute atomic E-state index is 0.337. The van der Waals surface area contributed by atoms with Crippen molar-refractivity contribution < 1.29 is 14.3 Å². The smallest absolute Gasteiger partial charge is 0.283 e. The first-order valence-electron chi connectivity index (χ1n) is 8.42. The summed E-state index contributed by atoms with van der Waals surface area (Å²) in [7, 11) is 1.59. The van der Waals surface area contributed by atoms with Gasteiger partial charge in [-0.1, -0.05) is 31.1 Å². The molecule has 0 saturated heterocycles. The number of nitrogen functional groups attached to an aromatic ring is 1. The third-order valence-electron chi connectivity index (χ3n) is 3.59. The van der Waals surface area contributed by atoms with Gasteiger partial charge in [0.05, 0.1) is 25.6 Å². The van der Waals surface area contributed by atoms with Crippen LogP contribution in [0, 0.1) is 6.92 Å². The number of hydrazone groups is 1. The highest BCUT2D eigenvalue weighted by molar-refractivity contribution is 7.17. The fraction of sp³-hybridized carbons (Fsp3) is 0.389. The summed E-state index contributed by atoms with van der Waals surface area (Å²) in [6.45, 7) is 4.54. The number of thiazole rings is 1. The molecule has 0 atom stereocenters. The van der Waals surface area contributed by atoms with Gasteiger partial charge in [0.1, 0.15) is 4.88 Å². The van der Waals surface area contributed by atoms with E-state index in [0.29, 0.717) is 33.8 Å². The second-order valence-corrected chi connectivity index (χ2v) is 6.66. The molecule has 0 aliphatic carbocycles. The maximum absolute atomic E-state index is 12.1. The molecule has 0 spiro atoms. The number of rotatable bonds is 9. The van der Waals surface area contributed by atoms with Crippen molar-refractivity contribution in [1.29, 1.82) is 0 Å². The number of anilines is 1. The summed E-state index contributed by atoms with van der Waals surface area (Å²) in [6, 6.07) is 5.49. The van der Waals surface area contributed by atoms with Crippen molar-refractivity contribution in [3.05, 3.63) is 34.3 Å². The van der Waals surface area contributed by atoms with Crippen LogP contribution in [-0.2, 0) is 0 Å². The molecule has 3 N–H and O–H groups in total. The zero-order valence-electron chi connectivity index (χ0n) is 15.2. The maximum atomic E-state index is 12.1. The maximum Gasteiger partial charge on any atom is 0.283 e. The Labute approximate surface area is 157 Å². The van der Waals surface area contributed by atoms with E-state index < -0.39 is 0 Å². The van der Waals surface area contributed by atoms with Gasteiger partial charge < -0.3 is 15.2 Å². The fourth-order valence-corrected chi connectivity index (χ4v) is 2.99. The standard InChI is InChI=1S/C18H24N4O3S/c1-4-5-6-9-25-14-8-7-13(10-15(14)24-3)11-20-22-17(23)16-12(2)21-18(19)26-16/h7-8,10-11H,4-6,9H2,1-3H3,(H2,19,21)(H,22,23). The lowest BCUT2D eigenvalue weighted by Crippen LogP contribution is -2.17. The highest BCUT2D eigenvalue weighted by Crippen LogP contribution is 2.27. The van der Waals surface area contributed by atoms with Crippen LogP contribution in [-0.4, -0.2) is 30.8 Å². The van der Waals surface area contributed by atoms with Crippen LogP contribution in [0.2, 0.25) is 0 Å². The molecule has 2 rings (SSSR count). The molecule has 8 heteroatoms. The summed E-state index contributed by atoms with van der Waals surface area (Å²) in [4.78, 5) is 16.5. The Balaban J connectivity index is 1.97. The largest absolute Gasteiger partial charge is 0.493 e. The third kappa shape index (κ3) is 5.45. The Hall–Kier alpha value is -2.61. The molecule has 1 amide bonds. The van der Waals surface area contributed by atoms with E-state index in [4.69, 9.17) is 15.2 Å². The molecule has 0 saturated carbocycles. The first kappa shape index (κ1) is 19.7. The molecule has 2 aromatic rings. The van der Waals surface area contributed by atoms with Gasteiger partial charge in [0, 0.05) is 0 Å². The van der Waals surface area contributed by atoms with Gasteiger partial charge in [-0.2, -0.15) is 5.10 Å². The average Bonchev–Trinajstić information content (AvgIpc) is 2.97. The number of nitrogens with two attached hydrogens (primary N) is 1. The van der Waals surface area contributed by atoms with Gasteiger partial charge >= 0.3 is 0 Å². The topological polar surface area (TPSA) is 98.8 Å². The molecule has 0 bridgehead atoms.